The van der Waals surface area contributed by atoms with Crippen molar-refractivity contribution in [2.75, 3.05) is 18.6 Å². The van der Waals surface area contributed by atoms with Crippen LogP contribution in [0.4, 0.5) is 11.8 Å². The molecule has 10 nitrogen and oxygen atoms in total. The molecule has 0 amide bonds. The van der Waals surface area contributed by atoms with Gasteiger partial charge in [0.1, 0.15) is 4.92 Å². The largest absolute Gasteiger partial charge is 0.433 e. The van der Waals surface area contributed by atoms with Crippen LogP contribution in [-0.4, -0.2) is 33.9 Å². The number of nitrogens with one attached hydrogen (secondary N) is 1. The van der Waals surface area contributed by atoms with Gasteiger partial charge in [-0.15, -0.1) is 0 Å². The highest BCUT2D eigenvalue weighted by molar-refractivity contribution is 5.79. The first-order valence-corrected chi connectivity index (χ1v) is 8.70. The van der Waals surface area contributed by atoms with Gasteiger partial charge in [0.25, 0.3) is 5.56 Å². The zero-order chi connectivity index (χ0) is 19.9. The molecule has 2 aromatic heterocycles. The standard InChI is InChI=1S/C18H19N5O5/c1-2-27-11-5-10-22-17(24)14-6-3-4-7-15(14)20-18(22)21-19-12-13-8-9-16(28-13)23(25)26/h3-4,6-9,12H,2,5,10-11H2,1H3,(H,20,21)/b19-12-. The number of ether oxygens (including phenoxy) is 1. The minimum atomic E-state index is -0.633. The summed E-state index contributed by atoms with van der Waals surface area (Å²) in [6.07, 6.45) is 1.91. The van der Waals surface area contributed by atoms with Crippen LogP contribution in [0.2, 0.25) is 0 Å². The van der Waals surface area contributed by atoms with E-state index in [0.29, 0.717) is 37.1 Å². The molecule has 146 valence electrons. The lowest BCUT2D eigenvalue weighted by atomic mass is 10.2. The van der Waals surface area contributed by atoms with Gasteiger partial charge in [0.05, 0.1) is 23.2 Å². The summed E-state index contributed by atoms with van der Waals surface area (Å²) in [7, 11) is 0. The lowest BCUT2D eigenvalue weighted by Crippen LogP contribution is -2.25. The fraction of sp³-hybridized carbons (Fsp3) is 0.278. The number of aromatic nitrogens is 2. The molecule has 0 bridgehead atoms. The van der Waals surface area contributed by atoms with Crippen LogP contribution in [0, 0.1) is 10.1 Å². The van der Waals surface area contributed by atoms with Crippen LogP contribution >= 0.6 is 0 Å². The molecule has 0 saturated carbocycles. The second kappa shape index (κ2) is 8.91. The molecule has 0 aliphatic carbocycles. The molecule has 28 heavy (non-hydrogen) atoms. The zero-order valence-electron chi connectivity index (χ0n) is 15.2. The van der Waals surface area contributed by atoms with Gasteiger partial charge >= 0.3 is 5.88 Å². The quantitative estimate of drug-likeness (QED) is 0.260. The monoisotopic (exact) mass is 385 g/mol. The van der Waals surface area contributed by atoms with Crippen LogP contribution < -0.4 is 11.0 Å². The predicted octanol–water partition coefficient (Wildman–Crippen LogP) is 2.77. The van der Waals surface area contributed by atoms with Crippen molar-refractivity contribution in [1.29, 1.82) is 0 Å². The van der Waals surface area contributed by atoms with E-state index in [1.165, 1.54) is 22.9 Å². The number of hydrazone groups is 1. The van der Waals surface area contributed by atoms with Crippen molar-refractivity contribution in [2.24, 2.45) is 5.10 Å². The van der Waals surface area contributed by atoms with E-state index in [1.807, 2.05) is 6.92 Å². The maximum Gasteiger partial charge on any atom is 0.433 e. The van der Waals surface area contributed by atoms with Crippen LogP contribution in [0.15, 0.2) is 50.7 Å². The number of hydrogen-bond acceptors (Lipinski definition) is 8. The Morgan fingerprint density at radius 2 is 2.18 bits per heavy atom. The molecular weight excluding hydrogens is 366 g/mol. The molecule has 10 heteroatoms. The van der Waals surface area contributed by atoms with Crippen LogP contribution in [0.25, 0.3) is 10.9 Å². The van der Waals surface area contributed by atoms with Crippen molar-refractivity contribution in [3.63, 3.8) is 0 Å². The number of hydrogen-bond donors (Lipinski definition) is 1. The summed E-state index contributed by atoms with van der Waals surface area (Å²) in [4.78, 5) is 27.3. The number of benzene rings is 1. The lowest BCUT2D eigenvalue weighted by Gasteiger charge is -2.12. The first-order chi connectivity index (χ1) is 13.6. The van der Waals surface area contributed by atoms with E-state index < -0.39 is 4.92 Å². The third-order valence-electron chi connectivity index (χ3n) is 3.89. The Labute approximate surface area is 159 Å². The Morgan fingerprint density at radius 1 is 1.36 bits per heavy atom. The zero-order valence-corrected chi connectivity index (χ0v) is 15.2. The molecule has 0 aliphatic heterocycles. The van der Waals surface area contributed by atoms with Gasteiger partial charge in [0, 0.05) is 19.8 Å². The van der Waals surface area contributed by atoms with E-state index in [1.54, 1.807) is 24.3 Å². The predicted molar refractivity (Wildman–Crippen MR) is 104 cm³/mol. The number of fused-ring (bicyclic) bond motifs is 1. The Bertz CT molecular complexity index is 1060. The van der Waals surface area contributed by atoms with Gasteiger partial charge in [-0.05, 0) is 31.5 Å². The highest BCUT2D eigenvalue weighted by Crippen LogP contribution is 2.15. The number of nitrogens with zero attached hydrogens (tertiary/aromatic N) is 4. The molecule has 0 saturated heterocycles. The summed E-state index contributed by atoms with van der Waals surface area (Å²) in [5.74, 6) is 0.0841. The molecule has 1 aromatic carbocycles. The highest BCUT2D eigenvalue weighted by Gasteiger charge is 2.12. The Kier molecular flexibility index (Phi) is 6.12. The smallest absolute Gasteiger partial charge is 0.400 e. The van der Waals surface area contributed by atoms with Crippen LogP contribution in [0.5, 0.6) is 0 Å². The number of para-hydroxylation sites is 1. The van der Waals surface area contributed by atoms with Gasteiger partial charge in [-0.3, -0.25) is 19.5 Å². The molecule has 3 rings (SSSR count). The van der Waals surface area contributed by atoms with E-state index in [2.05, 4.69) is 15.5 Å². The Hall–Kier alpha value is -3.53. The summed E-state index contributed by atoms with van der Waals surface area (Å²) >= 11 is 0. The molecule has 1 N–H and O–H groups in total. The van der Waals surface area contributed by atoms with Gasteiger partial charge in [0.2, 0.25) is 5.95 Å². The molecule has 0 radical (unpaired) electrons. The summed E-state index contributed by atoms with van der Waals surface area (Å²) in [5.41, 5.74) is 3.08. The van der Waals surface area contributed by atoms with E-state index >= 15 is 0 Å². The van der Waals surface area contributed by atoms with Crippen molar-refractivity contribution < 1.29 is 14.1 Å². The minimum Gasteiger partial charge on any atom is -0.400 e. The van der Waals surface area contributed by atoms with Gasteiger partial charge in [-0.1, -0.05) is 12.1 Å². The summed E-state index contributed by atoms with van der Waals surface area (Å²) in [6, 6.07) is 9.70. The first kappa shape index (κ1) is 19.2. The third kappa shape index (κ3) is 4.41. The average Bonchev–Trinajstić information content (AvgIpc) is 3.16. The summed E-state index contributed by atoms with van der Waals surface area (Å²) in [6.45, 7) is 3.44. The number of nitro groups is 1. The second-order valence-electron chi connectivity index (χ2n) is 5.76. The summed E-state index contributed by atoms with van der Waals surface area (Å²) in [5, 5.41) is 15.2. The van der Waals surface area contributed by atoms with Crippen LogP contribution in [0.1, 0.15) is 19.1 Å². The SMILES string of the molecule is CCOCCCn1c(N/N=C\c2ccc([N+](=O)[O-])o2)nc2ccccc2c1=O. The molecule has 0 aliphatic rings. The molecular formula is C18H19N5O5. The van der Waals surface area contributed by atoms with Gasteiger partial charge < -0.3 is 9.15 Å². The minimum absolute atomic E-state index is 0.187. The third-order valence-corrected chi connectivity index (χ3v) is 3.89. The fourth-order valence-electron chi connectivity index (χ4n) is 2.59. The fourth-order valence-corrected chi connectivity index (χ4v) is 2.59. The van der Waals surface area contributed by atoms with E-state index in [0.717, 1.165) is 0 Å². The summed E-state index contributed by atoms with van der Waals surface area (Å²) < 4.78 is 11.8. The Balaban J connectivity index is 1.85. The maximum atomic E-state index is 12.8. The Morgan fingerprint density at radius 3 is 2.93 bits per heavy atom. The molecule has 3 aromatic rings. The molecule has 0 unspecified atom stereocenters. The van der Waals surface area contributed by atoms with Crippen molar-refractivity contribution in [3.05, 3.63) is 62.6 Å². The molecule has 0 spiro atoms. The van der Waals surface area contributed by atoms with Crippen LogP contribution in [-0.2, 0) is 11.3 Å². The van der Waals surface area contributed by atoms with E-state index in [9.17, 15) is 14.9 Å². The number of rotatable bonds is 9. The van der Waals surface area contributed by atoms with Crippen LogP contribution in [0.3, 0.4) is 0 Å². The average molecular weight is 385 g/mol. The highest BCUT2D eigenvalue weighted by atomic mass is 16.6. The van der Waals surface area contributed by atoms with Gasteiger partial charge in [0.15, 0.2) is 5.76 Å². The lowest BCUT2D eigenvalue weighted by molar-refractivity contribution is -0.402. The molecule has 0 fully saturated rings. The first-order valence-electron chi connectivity index (χ1n) is 8.70. The second-order valence-corrected chi connectivity index (χ2v) is 5.76. The van der Waals surface area contributed by atoms with E-state index in [4.69, 9.17) is 9.15 Å². The van der Waals surface area contributed by atoms with Crippen molar-refractivity contribution in [3.8, 4) is 0 Å². The van der Waals surface area contributed by atoms with Crippen molar-refractivity contribution >= 4 is 29.0 Å². The van der Waals surface area contributed by atoms with E-state index in [-0.39, 0.29) is 23.2 Å². The number of furan rings is 1. The van der Waals surface area contributed by atoms with Gasteiger partial charge in [-0.2, -0.15) is 5.10 Å². The normalized spacial score (nSPS) is 11.3. The van der Waals surface area contributed by atoms with Crippen molar-refractivity contribution in [1.82, 2.24) is 9.55 Å². The number of anilines is 1. The topological polar surface area (TPSA) is 125 Å². The molecule has 2 heterocycles. The van der Waals surface area contributed by atoms with Gasteiger partial charge in [-0.25, -0.2) is 10.4 Å². The molecule has 0 atom stereocenters. The maximum absolute atomic E-state index is 12.8. The van der Waals surface area contributed by atoms with Crippen molar-refractivity contribution in [2.45, 2.75) is 19.9 Å².